The lowest BCUT2D eigenvalue weighted by molar-refractivity contribution is 0.229. The number of benzene rings is 1. The number of amides is 2. The predicted molar refractivity (Wildman–Crippen MR) is 84.5 cm³/mol. The summed E-state index contributed by atoms with van der Waals surface area (Å²) in [5.41, 5.74) is 1.10. The van der Waals surface area contributed by atoms with Crippen LogP contribution in [0.4, 0.5) is 4.79 Å². The van der Waals surface area contributed by atoms with E-state index in [1.807, 2.05) is 24.3 Å². The van der Waals surface area contributed by atoms with Crippen LogP contribution in [0.2, 0.25) is 0 Å². The quantitative estimate of drug-likeness (QED) is 0.870. The zero-order chi connectivity index (χ0) is 15.2. The van der Waals surface area contributed by atoms with Gasteiger partial charge in [-0.1, -0.05) is 38.8 Å². The van der Waals surface area contributed by atoms with E-state index in [2.05, 4.69) is 24.5 Å². The summed E-state index contributed by atoms with van der Waals surface area (Å²) < 4.78 is 5.18. The molecule has 1 saturated carbocycles. The number of nitrogens with one attached hydrogen (secondary N) is 2. The van der Waals surface area contributed by atoms with Crippen LogP contribution in [0.25, 0.3) is 0 Å². The molecule has 4 heteroatoms. The summed E-state index contributed by atoms with van der Waals surface area (Å²) in [4.78, 5) is 12.2. The van der Waals surface area contributed by atoms with Crippen molar-refractivity contribution in [1.82, 2.24) is 10.6 Å². The summed E-state index contributed by atoms with van der Waals surface area (Å²) in [6.07, 6.45) is 4.64. The first kappa shape index (κ1) is 15.7. The van der Waals surface area contributed by atoms with E-state index in [4.69, 9.17) is 4.74 Å². The predicted octanol–water partition coefficient (Wildman–Crippen LogP) is 3.63. The molecule has 1 aromatic carbocycles. The Kier molecular flexibility index (Phi) is 5.48. The molecule has 1 aliphatic carbocycles. The van der Waals surface area contributed by atoms with Crippen LogP contribution in [-0.4, -0.2) is 19.2 Å². The van der Waals surface area contributed by atoms with Gasteiger partial charge in [0.15, 0.2) is 0 Å². The summed E-state index contributed by atoms with van der Waals surface area (Å²) in [5, 5.41) is 6.19. The standard InChI is InChI=1S/C17H26N2O2/c1-12(2)16(13-8-10-15(21-3)11-9-13)19-17(20)18-14-6-4-5-7-14/h8-12,14,16H,4-7H2,1-3H3,(H2,18,19,20)/t16-/m1/s1. The van der Waals surface area contributed by atoms with Gasteiger partial charge in [-0.25, -0.2) is 4.79 Å². The second kappa shape index (κ2) is 7.34. The molecule has 1 aromatic rings. The molecule has 1 aliphatic rings. The molecule has 2 amide bonds. The van der Waals surface area contributed by atoms with Crippen LogP contribution in [0.5, 0.6) is 5.75 Å². The molecule has 2 rings (SSSR count). The molecule has 1 atom stereocenters. The highest BCUT2D eigenvalue weighted by atomic mass is 16.5. The molecule has 0 spiro atoms. The third-order valence-electron chi connectivity index (χ3n) is 4.12. The van der Waals surface area contributed by atoms with E-state index >= 15 is 0 Å². The molecule has 0 heterocycles. The lowest BCUT2D eigenvalue weighted by atomic mass is 9.96. The van der Waals surface area contributed by atoms with Crippen LogP contribution < -0.4 is 15.4 Å². The Hall–Kier alpha value is -1.71. The van der Waals surface area contributed by atoms with E-state index < -0.39 is 0 Å². The summed E-state index contributed by atoms with van der Waals surface area (Å²) in [6.45, 7) is 4.23. The molecule has 0 aliphatic heterocycles. The maximum Gasteiger partial charge on any atom is 0.315 e. The lowest BCUT2D eigenvalue weighted by Crippen LogP contribution is -2.43. The Balaban J connectivity index is 1.98. The Morgan fingerprint density at radius 3 is 2.33 bits per heavy atom. The van der Waals surface area contributed by atoms with Gasteiger partial charge in [0.25, 0.3) is 0 Å². The first-order chi connectivity index (χ1) is 10.1. The Morgan fingerprint density at radius 2 is 1.81 bits per heavy atom. The monoisotopic (exact) mass is 290 g/mol. The van der Waals surface area contributed by atoms with E-state index in [1.54, 1.807) is 7.11 Å². The van der Waals surface area contributed by atoms with Crippen LogP contribution in [0, 0.1) is 5.92 Å². The molecule has 4 nitrogen and oxygen atoms in total. The fourth-order valence-corrected chi connectivity index (χ4v) is 2.88. The maximum absolute atomic E-state index is 12.2. The van der Waals surface area contributed by atoms with E-state index in [0.717, 1.165) is 24.2 Å². The zero-order valence-electron chi connectivity index (χ0n) is 13.2. The van der Waals surface area contributed by atoms with E-state index in [9.17, 15) is 4.79 Å². The van der Waals surface area contributed by atoms with Crippen LogP contribution in [-0.2, 0) is 0 Å². The van der Waals surface area contributed by atoms with Crippen molar-refractivity contribution in [3.8, 4) is 5.75 Å². The van der Waals surface area contributed by atoms with Gasteiger partial charge in [0.05, 0.1) is 13.2 Å². The zero-order valence-corrected chi connectivity index (χ0v) is 13.2. The second-order valence-corrected chi connectivity index (χ2v) is 6.09. The maximum atomic E-state index is 12.2. The molecule has 21 heavy (non-hydrogen) atoms. The normalized spacial score (nSPS) is 16.8. The van der Waals surface area contributed by atoms with Crippen molar-refractivity contribution < 1.29 is 9.53 Å². The van der Waals surface area contributed by atoms with Gasteiger partial charge in [-0.3, -0.25) is 0 Å². The van der Waals surface area contributed by atoms with Gasteiger partial charge in [-0.15, -0.1) is 0 Å². The Bertz CT molecular complexity index is 450. The lowest BCUT2D eigenvalue weighted by Gasteiger charge is -2.24. The van der Waals surface area contributed by atoms with Gasteiger partial charge in [0, 0.05) is 6.04 Å². The molecule has 0 saturated heterocycles. The van der Waals surface area contributed by atoms with Gasteiger partial charge >= 0.3 is 6.03 Å². The number of carbonyl (C=O) groups is 1. The van der Waals surface area contributed by atoms with Gasteiger partial charge in [0.2, 0.25) is 0 Å². The van der Waals surface area contributed by atoms with E-state index in [1.165, 1.54) is 12.8 Å². The first-order valence-corrected chi connectivity index (χ1v) is 7.81. The minimum atomic E-state index is -0.0589. The summed E-state index contributed by atoms with van der Waals surface area (Å²) in [6, 6.07) is 8.18. The molecule has 116 valence electrons. The molecule has 0 unspecified atom stereocenters. The fraction of sp³-hybridized carbons (Fsp3) is 0.588. The van der Waals surface area contributed by atoms with Gasteiger partial charge in [0.1, 0.15) is 5.75 Å². The smallest absolute Gasteiger partial charge is 0.315 e. The average molecular weight is 290 g/mol. The summed E-state index contributed by atoms with van der Waals surface area (Å²) in [7, 11) is 1.65. The Morgan fingerprint density at radius 1 is 1.19 bits per heavy atom. The van der Waals surface area contributed by atoms with Gasteiger partial charge in [-0.05, 0) is 36.5 Å². The minimum absolute atomic E-state index is 0.0114. The van der Waals surface area contributed by atoms with Crippen molar-refractivity contribution in [2.75, 3.05) is 7.11 Å². The van der Waals surface area contributed by atoms with Crippen LogP contribution >= 0.6 is 0 Å². The topological polar surface area (TPSA) is 50.4 Å². The summed E-state index contributed by atoms with van der Waals surface area (Å²) in [5.74, 6) is 1.16. The number of carbonyl (C=O) groups excluding carboxylic acids is 1. The van der Waals surface area contributed by atoms with Crippen molar-refractivity contribution in [3.05, 3.63) is 29.8 Å². The van der Waals surface area contributed by atoms with Crippen LogP contribution in [0.15, 0.2) is 24.3 Å². The van der Waals surface area contributed by atoms with Gasteiger partial charge in [-0.2, -0.15) is 0 Å². The highest BCUT2D eigenvalue weighted by molar-refractivity contribution is 5.74. The van der Waals surface area contributed by atoms with Crippen molar-refractivity contribution in [2.24, 2.45) is 5.92 Å². The first-order valence-electron chi connectivity index (χ1n) is 7.81. The largest absolute Gasteiger partial charge is 0.497 e. The molecule has 0 aromatic heterocycles. The van der Waals surface area contributed by atoms with Crippen molar-refractivity contribution in [1.29, 1.82) is 0 Å². The number of hydrogen-bond acceptors (Lipinski definition) is 2. The second-order valence-electron chi connectivity index (χ2n) is 6.09. The third-order valence-corrected chi connectivity index (χ3v) is 4.12. The molecule has 0 radical (unpaired) electrons. The van der Waals surface area contributed by atoms with Crippen molar-refractivity contribution in [3.63, 3.8) is 0 Å². The number of hydrogen-bond donors (Lipinski definition) is 2. The van der Waals surface area contributed by atoms with Crippen LogP contribution in [0.3, 0.4) is 0 Å². The molecule has 0 bridgehead atoms. The molecular weight excluding hydrogens is 264 g/mol. The minimum Gasteiger partial charge on any atom is -0.497 e. The molecule has 2 N–H and O–H groups in total. The van der Waals surface area contributed by atoms with Crippen LogP contribution in [0.1, 0.15) is 51.1 Å². The number of urea groups is 1. The summed E-state index contributed by atoms with van der Waals surface area (Å²) >= 11 is 0. The SMILES string of the molecule is COc1ccc([C@H](NC(=O)NC2CCCC2)C(C)C)cc1. The third kappa shape index (κ3) is 4.38. The van der Waals surface area contributed by atoms with Crippen molar-refractivity contribution >= 4 is 6.03 Å². The van der Waals surface area contributed by atoms with Crippen molar-refractivity contribution in [2.45, 2.75) is 51.6 Å². The molecule has 1 fully saturated rings. The number of methoxy groups -OCH3 is 1. The number of rotatable bonds is 5. The van der Waals surface area contributed by atoms with E-state index in [-0.39, 0.29) is 12.1 Å². The highest BCUT2D eigenvalue weighted by Crippen LogP contribution is 2.24. The Labute approximate surface area is 127 Å². The highest BCUT2D eigenvalue weighted by Gasteiger charge is 2.21. The molecular formula is C17H26N2O2. The van der Waals surface area contributed by atoms with E-state index in [0.29, 0.717) is 12.0 Å². The fourth-order valence-electron chi connectivity index (χ4n) is 2.88. The number of ether oxygens (including phenoxy) is 1. The average Bonchev–Trinajstić information content (AvgIpc) is 2.97. The van der Waals surface area contributed by atoms with Gasteiger partial charge < -0.3 is 15.4 Å².